The van der Waals surface area contributed by atoms with Crippen molar-refractivity contribution in [1.82, 2.24) is 4.98 Å². The second-order valence-corrected chi connectivity index (χ2v) is 6.16. The predicted octanol–water partition coefficient (Wildman–Crippen LogP) is 3.27. The SMILES string of the molecule is Cc1ncc(CC2CCOC2)cc1C(C)(C)C. The van der Waals surface area contributed by atoms with Crippen LogP contribution in [0, 0.1) is 12.8 Å². The standard InChI is InChI=1S/C15H23NO/c1-11-14(15(2,3)4)8-13(9-16-11)7-12-5-6-17-10-12/h8-9,12H,5-7,10H2,1-4H3. The number of pyridine rings is 1. The Labute approximate surface area is 104 Å². The fourth-order valence-electron chi connectivity index (χ4n) is 2.52. The number of hydrogen-bond donors (Lipinski definition) is 0. The van der Waals surface area contributed by atoms with Crippen LogP contribution in [0.15, 0.2) is 12.3 Å². The third-order valence-electron chi connectivity index (χ3n) is 3.50. The molecule has 1 fully saturated rings. The van der Waals surface area contributed by atoms with Gasteiger partial charge in [0.2, 0.25) is 0 Å². The first-order valence-electron chi connectivity index (χ1n) is 6.50. The van der Waals surface area contributed by atoms with E-state index in [0.29, 0.717) is 5.92 Å². The summed E-state index contributed by atoms with van der Waals surface area (Å²) in [5.41, 5.74) is 4.06. The van der Waals surface area contributed by atoms with E-state index in [1.165, 1.54) is 17.5 Å². The van der Waals surface area contributed by atoms with Crippen LogP contribution >= 0.6 is 0 Å². The van der Waals surface area contributed by atoms with Crippen LogP contribution in [0.4, 0.5) is 0 Å². The van der Waals surface area contributed by atoms with Crippen molar-refractivity contribution >= 4 is 0 Å². The molecule has 0 N–H and O–H groups in total. The van der Waals surface area contributed by atoms with E-state index >= 15 is 0 Å². The molecule has 94 valence electrons. The molecule has 1 aromatic heterocycles. The van der Waals surface area contributed by atoms with Crippen LogP contribution < -0.4 is 0 Å². The van der Waals surface area contributed by atoms with Gasteiger partial charge in [0.1, 0.15) is 0 Å². The number of nitrogens with zero attached hydrogens (tertiary/aromatic N) is 1. The molecule has 2 heterocycles. The minimum absolute atomic E-state index is 0.180. The molecule has 1 unspecified atom stereocenters. The van der Waals surface area contributed by atoms with E-state index < -0.39 is 0 Å². The first kappa shape index (κ1) is 12.6. The number of ether oxygens (including phenoxy) is 1. The molecule has 1 aliphatic heterocycles. The molecule has 2 rings (SSSR count). The molecular formula is C15H23NO. The summed E-state index contributed by atoms with van der Waals surface area (Å²) in [6.45, 7) is 10.7. The lowest BCUT2D eigenvalue weighted by Gasteiger charge is -2.22. The van der Waals surface area contributed by atoms with Crippen molar-refractivity contribution in [2.45, 2.75) is 46.0 Å². The van der Waals surface area contributed by atoms with E-state index in [2.05, 4.69) is 38.7 Å². The van der Waals surface area contributed by atoms with Crippen molar-refractivity contribution in [2.24, 2.45) is 5.92 Å². The monoisotopic (exact) mass is 233 g/mol. The van der Waals surface area contributed by atoms with Gasteiger partial charge in [-0.3, -0.25) is 4.98 Å². The highest BCUT2D eigenvalue weighted by Gasteiger charge is 2.20. The number of aromatic nitrogens is 1. The van der Waals surface area contributed by atoms with Gasteiger partial charge in [-0.25, -0.2) is 0 Å². The van der Waals surface area contributed by atoms with E-state index in [0.717, 1.165) is 25.3 Å². The number of aryl methyl sites for hydroxylation is 1. The van der Waals surface area contributed by atoms with Gasteiger partial charge in [-0.05, 0) is 42.2 Å². The Balaban J connectivity index is 2.18. The van der Waals surface area contributed by atoms with Gasteiger partial charge >= 0.3 is 0 Å². The Morgan fingerprint density at radius 1 is 1.41 bits per heavy atom. The van der Waals surface area contributed by atoms with Gasteiger partial charge in [-0.15, -0.1) is 0 Å². The smallest absolute Gasteiger partial charge is 0.0498 e. The van der Waals surface area contributed by atoms with E-state index in [-0.39, 0.29) is 5.41 Å². The van der Waals surface area contributed by atoms with Crippen LogP contribution in [0.25, 0.3) is 0 Å². The Kier molecular flexibility index (Phi) is 3.53. The summed E-state index contributed by atoms with van der Waals surface area (Å²) in [7, 11) is 0. The van der Waals surface area contributed by atoms with Crippen molar-refractivity contribution in [3.05, 3.63) is 29.1 Å². The first-order valence-corrected chi connectivity index (χ1v) is 6.50. The molecule has 0 aromatic carbocycles. The maximum Gasteiger partial charge on any atom is 0.0498 e. The van der Waals surface area contributed by atoms with Crippen LogP contribution in [0.2, 0.25) is 0 Å². The lowest BCUT2D eigenvalue weighted by Crippen LogP contribution is -2.15. The number of hydrogen-bond acceptors (Lipinski definition) is 2. The quantitative estimate of drug-likeness (QED) is 0.782. The normalized spacial score (nSPS) is 20.8. The summed E-state index contributed by atoms with van der Waals surface area (Å²) in [5.74, 6) is 0.687. The van der Waals surface area contributed by atoms with Crippen LogP contribution in [-0.2, 0) is 16.6 Å². The average Bonchev–Trinajstić information content (AvgIpc) is 2.72. The van der Waals surface area contributed by atoms with Crippen molar-refractivity contribution in [1.29, 1.82) is 0 Å². The van der Waals surface area contributed by atoms with Crippen LogP contribution in [0.1, 0.15) is 44.0 Å². The Morgan fingerprint density at radius 3 is 2.76 bits per heavy atom. The van der Waals surface area contributed by atoms with Crippen LogP contribution in [-0.4, -0.2) is 18.2 Å². The summed E-state index contributed by atoms with van der Waals surface area (Å²) in [6.07, 6.45) is 4.33. The maximum atomic E-state index is 5.43. The molecule has 1 aliphatic rings. The zero-order chi connectivity index (χ0) is 12.5. The molecule has 0 saturated carbocycles. The molecule has 1 aromatic rings. The molecule has 0 bridgehead atoms. The van der Waals surface area contributed by atoms with Gasteiger partial charge in [-0.1, -0.05) is 26.8 Å². The maximum absolute atomic E-state index is 5.43. The first-order chi connectivity index (χ1) is 7.97. The van der Waals surface area contributed by atoms with E-state index in [1.807, 2.05) is 6.20 Å². The summed E-state index contributed by atoms with van der Waals surface area (Å²) in [4.78, 5) is 4.55. The Bertz CT molecular complexity index is 386. The second-order valence-electron chi connectivity index (χ2n) is 6.16. The van der Waals surface area contributed by atoms with Crippen LogP contribution in [0.5, 0.6) is 0 Å². The summed E-state index contributed by atoms with van der Waals surface area (Å²) in [6, 6.07) is 2.33. The highest BCUT2D eigenvalue weighted by atomic mass is 16.5. The molecular weight excluding hydrogens is 210 g/mol. The van der Waals surface area contributed by atoms with E-state index in [9.17, 15) is 0 Å². The third kappa shape index (κ3) is 3.06. The zero-order valence-electron chi connectivity index (χ0n) is 11.4. The lowest BCUT2D eigenvalue weighted by molar-refractivity contribution is 0.186. The van der Waals surface area contributed by atoms with Gasteiger partial charge in [0.15, 0.2) is 0 Å². The minimum Gasteiger partial charge on any atom is -0.381 e. The van der Waals surface area contributed by atoms with Gasteiger partial charge in [-0.2, -0.15) is 0 Å². The molecule has 2 nitrogen and oxygen atoms in total. The van der Waals surface area contributed by atoms with Gasteiger partial charge in [0.05, 0.1) is 0 Å². The highest BCUT2D eigenvalue weighted by Crippen LogP contribution is 2.26. The van der Waals surface area contributed by atoms with Crippen molar-refractivity contribution in [2.75, 3.05) is 13.2 Å². The molecule has 0 amide bonds. The summed E-state index contributed by atoms with van der Waals surface area (Å²) < 4.78 is 5.43. The molecule has 2 heteroatoms. The van der Waals surface area contributed by atoms with Crippen molar-refractivity contribution in [3.8, 4) is 0 Å². The van der Waals surface area contributed by atoms with Crippen molar-refractivity contribution < 1.29 is 4.74 Å². The molecule has 1 atom stereocenters. The second kappa shape index (κ2) is 4.77. The zero-order valence-corrected chi connectivity index (χ0v) is 11.4. The van der Waals surface area contributed by atoms with Gasteiger partial charge in [0, 0.05) is 25.1 Å². The predicted molar refractivity (Wildman–Crippen MR) is 70.3 cm³/mol. The lowest BCUT2D eigenvalue weighted by atomic mass is 9.84. The van der Waals surface area contributed by atoms with E-state index in [4.69, 9.17) is 4.74 Å². The third-order valence-corrected chi connectivity index (χ3v) is 3.50. The fourth-order valence-corrected chi connectivity index (χ4v) is 2.52. The van der Waals surface area contributed by atoms with Crippen LogP contribution in [0.3, 0.4) is 0 Å². The fraction of sp³-hybridized carbons (Fsp3) is 0.667. The molecule has 0 spiro atoms. The van der Waals surface area contributed by atoms with Crippen molar-refractivity contribution in [3.63, 3.8) is 0 Å². The molecule has 0 aliphatic carbocycles. The molecule has 17 heavy (non-hydrogen) atoms. The summed E-state index contributed by atoms with van der Waals surface area (Å²) >= 11 is 0. The van der Waals surface area contributed by atoms with Gasteiger partial charge < -0.3 is 4.74 Å². The minimum atomic E-state index is 0.180. The summed E-state index contributed by atoms with van der Waals surface area (Å²) in [5, 5.41) is 0. The van der Waals surface area contributed by atoms with E-state index in [1.54, 1.807) is 0 Å². The topological polar surface area (TPSA) is 22.1 Å². The number of rotatable bonds is 2. The average molecular weight is 233 g/mol. The largest absolute Gasteiger partial charge is 0.381 e. The Morgan fingerprint density at radius 2 is 2.18 bits per heavy atom. The molecule has 0 radical (unpaired) electrons. The Hall–Kier alpha value is -0.890. The molecule has 1 saturated heterocycles. The van der Waals surface area contributed by atoms with Gasteiger partial charge in [0.25, 0.3) is 0 Å². The highest BCUT2D eigenvalue weighted by molar-refractivity contribution is 5.30.